The van der Waals surface area contributed by atoms with Crippen molar-refractivity contribution in [3.63, 3.8) is 0 Å². The zero-order chi connectivity index (χ0) is 14.0. The highest BCUT2D eigenvalue weighted by molar-refractivity contribution is 5.71. The lowest BCUT2D eigenvalue weighted by Crippen LogP contribution is -2.28. The second-order valence-electron chi connectivity index (χ2n) is 7.25. The van der Waals surface area contributed by atoms with Crippen LogP contribution in [0.1, 0.15) is 46.5 Å². The van der Waals surface area contributed by atoms with Crippen LogP contribution in [0.2, 0.25) is 0 Å². The summed E-state index contributed by atoms with van der Waals surface area (Å²) in [6.45, 7) is 9.65. The highest BCUT2D eigenvalue weighted by Crippen LogP contribution is 2.35. The Morgan fingerprint density at radius 1 is 1.11 bits per heavy atom. The predicted octanol–water partition coefficient (Wildman–Crippen LogP) is 3.10. The molecular formula is C16H29NO2. The van der Waals surface area contributed by atoms with Crippen molar-refractivity contribution in [1.29, 1.82) is 0 Å². The number of carbonyl (C=O) groups is 1. The van der Waals surface area contributed by atoms with Crippen molar-refractivity contribution in [2.24, 2.45) is 29.6 Å². The molecule has 3 nitrogen and oxygen atoms in total. The smallest absolute Gasteiger partial charge is 0.308 e. The fourth-order valence-electron chi connectivity index (χ4n) is 4.29. The minimum Gasteiger partial charge on any atom is -0.481 e. The maximum Gasteiger partial charge on any atom is 0.308 e. The van der Waals surface area contributed by atoms with Crippen LogP contribution >= 0.6 is 0 Å². The number of carboxylic acids is 1. The highest BCUT2D eigenvalue weighted by Gasteiger charge is 2.34. The molecule has 1 aliphatic heterocycles. The molecule has 0 amide bonds. The van der Waals surface area contributed by atoms with E-state index in [2.05, 4.69) is 25.7 Å². The summed E-state index contributed by atoms with van der Waals surface area (Å²) in [6, 6.07) is 0. The maximum atomic E-state index is 11.1. The Morgan fingerprint density at radius 3 is 2.26 bits per heavy atom. The molecule has 0 aromatic rings. The van der Waals surface area contributed by atoms with Crippen LogP contribution in [0.25, 0.3) is 0 Å². The summed E-state index contributed by atoms with van der Waals surface area (Å²) >= 11 is 0. The Hall–Kier alpha value is -0.570. The number of rotatable bonds is 4. The van der Waals surface area contributed by atoms with Gasteiger partial charge in [-0.1, -0.05) is 20.8 Å². The van der Waals surface area contributed by atoms with E-state index in [0.717, 1.165) is 37.4 Å². The van der Waals surface area contributed by atoms with Crippen LogP contribution in [0.15, 0.2) is 0 Å². The fraction of sp³-hybridized carbons (Fsp3) is 0.938. The van der Waals surface area contributed by atoms with Crippen molar-refractivity contribution in [2.75, 3.05) is 19.6 Å². The number of carboxylic acid groups (broad SMARTS) is 1. The summed E-state index contributed by atoms with van der Waals surface area (Å²) in [6.07, 6.45) is 5.39. The van der Waals surface area contributed by atoms with E-state index in [1.54, 1.807) is 0 Å². The second kappa shape index (κ2) is 6.25. The summed E-state index contributed by atoms with van der Waals surface area (Å²) in [5.41, 5.74) is 0. The van der Waals surface area contributed by atoms with Crippen molar-refractivity contribution in [3.05, 3.63) is 0 Å². The van der Waals surface area contributed by atoms with Crippen LogP contribution in [0.3, 0.4) is 0 Å². The van der Waals surface area contributed by atoms with Crippen molar-refractivity contribution >= 4 is 5.97 Å². The Bertz CT molecular complexity index is 308. The Kier molecular flexibility index (Phi) is 4.88. The Labute approximate surface area is 117 Å². The van der Waals surface area contributed by atoms with E-state index in [-0.39, 0.29) is 5.92 Å². The van der Waals surface area contributed by atoms with E-state index in [9.17, 15) is 4.79 Å². The summed E-state index contributed by atoms with van der Waals surface area (Å²) in [7, 11) is 0. The zero-order valence-corrected chi connectivity index (χ0v) is 12.6. The Balaban J connectivity index is 1.76. The van der Waals surface area contributed by atoms with Gasteiger partial charge in [-0.3, -0.25) is 4.79 Å². The molecule has 0 aromatic carbocycles. The number of hydrogen-bond donors (Lipinski definition) is 1. The van der Waals surface area contributed by atoms with E-state index < -0.39 is 5.97 Å². The first kappa shape index (κ1) is 14.8. The van der Waals surface area contributed by atoms with Gasteiger partial charge in [0.25, 0.3) is 0 Å². The lowest BCUT2D eigenvalue weighted by Gasteiger charge is -2.32. The number of aliphatic carboxylic acids is 1. The van der Waals surface area contributed by atoms with Gasteiger partial charge in [0.15, 0.2) is 0 Å². The van der Waals surface area contributed by atoms with Crippen LogP contribution in [0.4, 0.5) is 0 Å². The van der Waals surface area contributed by atoms with Gasteiger partial charge in [0.2, 0.25) is 0 Å². The lowest BCUT2D eigenvalue weighted by molar-refractivity contribution is -0.142. The highest BCUT2D eigenvalue weighted by atomic mass is 16.4. The average Bonchev–Trinajstić information content (AvgIpc) is 2.67. The molecule has 0 radical (unpaired) electrons. The summed E-state index contributed by atoms with van der Waals surface area (Å²) in [5, 5.41) is 9.16. The molecular weight excluding hydrogens is 238 g/mol. The van der Waals surface area contributed by atoms with Gasteiger partial charge in [0.1, 0.15) is 0 Å². The molecule has 0 aromatic heterocycles. The molecule has 2 unspecified atom stereocenters. The van der Waals surface area contributed by atoms with Gasteiger partial charge in [-0.15, -0.1) is 0 Å². The third-order valence-electron chi connectivity index (χ3n) is 5.13. The molecule has 1 heterocycles. The van der Waals surface area contributed by atoms with Crippen molar-refractivity contribution < 1.29 is 9.90 Å². The van der Waals surface area contributed by atoms with E-state index in [1.807, 2.05) is 0 Å². The minimum atomic E-state index is -0.616. The molecule has 4 atom stereocenters. The first-order chi connectivity index (χ1) is 8.95. The summed E-state index contributed by atoms with van der Waals surface area (Å²) in [4.78, 5) is 13.5. The van der Waals surface area contributed by atoms with E-state index >= 15 is 0 Å². The van der Waals surface area contributed by atoms with Crippen molar-refractivity contribution in [3.8, 4) is 0 Å². The topological polar surface area (TPSA) is 40.5 Å². The van der Waals surface area contributed by atoms with Gasteiger partial charge in [-0.2, -0.15) is 0 Å². The monoisotopic (exact) mass is 267 g/mol. The molecule has 1 aliphatic carbocycles. The van der Waals surface area contributed by atoms with Gasteiger partial charge in [0, 0.05) is 13.1 Å². The fourth-order valence-corrected chi connectivity index (χ4v) is 4.29. The molecule has 110 valence electrons. The molecule has 2 fully saturated rings. The minimum absolute atomic E-state index is 0.149. The number of nitrogens with zero attached hydrogens (tertiary/aromatic N) is 1. The third kappa shape index (κ3) is 3.95. The van der Waals surface area contributed by atoms with Gasteiger partial charge in [-0.25, -0.2) is 0 Å². The van der Waals surface area contributed by atoms with Gasteiger partial charge < -0.3 is 10.0 Å². The Morgan fingerprint density at radius 2 is 1.74 bits per heavy atom. The normalized spacial score (nSPS) is 40.5. The molecule has 1 N–H and O–H groups in total. The summed E-state index contributed by atoms with van der Waals surface area (Å²) < 4.78 is 0. The lowest BCUT2D eigenvalue weighted by atomic mass is 9.75. The molecule has 2 aliphatic rings. The largest absolute Gasteiger partial charge is 0.481 e. The maximum absolute atomic E-state index is 11.1. The summed E-state index contributed by atoms with van der Waals surface area (Å²) in [5.74, 6) is 2.15. The first-order valence-electron chi connectivity index (χ1n) is 7.90. The number of likely N-dealkylation sites (tertiary alicyclic amines) is 1. The SMILES string of the molecule is CC1CC(C)CC(CCN2C[C@@H](C)[C@H](C(=O)O)C2)C1. The quantitative estimate of drug-likeness (QED) is 0.851. The standard InChI is InChI=1S/C16H29NO2/c1-11-6-12(2)8-14(7-11)4-5-17-9-13(3)15(10-17)16(18)19/h11-15H,4-10H2,1-3H3,(H,18,19)/t11?,12?,13-,14?,15-/m1/s1. The molecule has 0 bridgehead atoms. The molecule has 19 heavy (non-hydrogen) atoms. The first-order valence-corrected chi connectivity index (χ1v) is 7.90. The molecule has 0 spiro atoms. The van der Waals surface area contributed by atoms with Crippen LogP contribution in [0.5, 0.6) is 0 Å². The predicted molar refractivity (Wildman–Crippen MR) is 77.0 cm³/mol. The van der Waals surface area contributed by atoms with Crippen molar-refractivity contribution in [2.45, 2.75) is 46.5 Å². The molecule has 2 rings (SSSR count). The average molecular weight is 267 g/mol. The van der Waals surface area contributed by atoms with E-state index in [0.29, 0.717) is 5.92 Å². The van der Waals surface area contributed by atoms with Gasteiger partial charge in [0.05, 0.1) is 5.92 Å². The van der Waals surface area contributed by atoms with Crippen LogP contribution in [0, 0.1) is 29.6 Å². The van der Waals surface area contributed by atoms with Gasteiger partial charge >= 0.3 is 5.97 Å². The van der Waals surface area contributed by atoms with Crippen LogP contribution in [-0.2, 0) is 4.79 Å². The second-order valence-corrected chi connectivity index (χ2v) is 7.25. The van der Waals surface area contributed by atoms with E-state index in [4.69, 9.17) is 5.11 Å². The van der Waals surface area contributed by atoms with Crippen molar-refractivity contribution in [1.82, 2.24) is 4.90 Å². The molecule has 1 saturated heterocycles. The molecule has 3 heteroatoms. The zero-order valence-electron chi connectivity index (χ0n) is 12.6. The van der Waals surface area contributed by atoms with Gasteiger partial charge in [-0.05, 0) is 55.9 Å². The third-order valence-corrected chi connectivity index (χ3v) is 5.13. The molecule has 1 saturated carbocycles. The number of hydrogen-bond acceptors (Lipinski definition) is 2. The van der Waals surface area contributed by atoms with E-state index in [1.165, 1.54) is 25.7 Å². The van der Waals surface area contributed by atoms with Crippen LogP contribution in [-0.4, -0.2) is 35.6 Å². The van der Waals surface area contributed by atoms with Crippen LogP contribution < -0.4 is 0 Å².